The first kappa shape index (κ1) is 14.2. The van der Waals surface area contributed by atoms with Gasteiger partial charge in [0.25, 0.3) is 0 Å². The Morgan fingerprint density at radius 1 is 0.900 bits per heavy atom. The Morgan fingerprint density at radius 3 is 2.30 bits per heavy atom. The predicted molar refractivity (Wildman–Crippen MR) is 79.7 cm³/mol. The second-order valence-electron chi connectivity index (χ2n) is 4.09. The summed E-state index contributed by atoms with van der Waals surface area (Å²) in [4.78, 5) is 0. The van der Waals surface area contributed by atoms with Crippen LogP contribution in [0.4, 0.5) is 5.69 Å². The fraction of sp³-hybridized carbons (Fsp3) is 0.0667. The van der Waals surface area contributed by atoms with E-state index in [2.05, 4.69) is 5.32 Å². The van der Waals surface area contributed by atoms with Crippen molar-refractivity contribution < 1.29 is 0 Å². The molecule has 0 aliphatic heterocycles. The highest BCUT2D eigenvalue weighted by Gasteiger charge is 2.03. The third-order valence-electron chi connectivity index (χ3n) is 2.74. The standard InChI is InChI=1S/C15H9Cl2N3/c16-14-4-1-10(5-15(14)17)9-20-13-3-2-11(7-18)12(6-13)8-19/h1-6,20H,9H2. The van der Waals surface area contributed by atoms with Crippen molar-refractivity contribution >= 4 is 28.9 Å². The Kier molecular flexibility index (Phi) is 4.48. The van der Waals surface area contributed by atoms with E-state index in [0.29, 0.717) is 27.7 Å². The monoisotopic (exact) mass is 301 g/mol. The van der Waals surface area contributed by atoms with E-state index in [1.54, 1.807) is 30.3 Å². The minimum atomic E-state index is 0.353. The molecule has 0 fully saturated rings. The number of anilines is 1. The van der Waals surface area contributed by atoms with Crippen LogP contribution < -0.4 is 5.32 Å². The van der Waals surface area contributed by atoms with Crippen LogP contribution >= 0.6 is 23.2 Å². The highest BCUT2D eigenvalue weighted by atomic mass is 35.5. The van der Waals surface area contributed by atoms with Gasteiger partial charge >= 0.3 is 0 Å². The predicted octanol–water partition coefficient (Wildman–Crippen LogP) is 4.35. The molecule has 98 valence electrons. The molecule has 0 aliphatic rings. The fourth-order valence-corrected chi connectivity index (χ4v) is 2.02. The van der Waals surface area contributed by atoms with Crippen molar-refractivity contribution in [1.82, 2.24) is 0 Å². The van der Waals surface area contributed by atoms with E-state index in [0.717, 1.165) is 11.3 Å². The number of rotatable bonds is 3. The zero-order valence-electron chi connectivity index (χ0n) is 10.3. The smallest absolute Gasteiger partial charge is 0.101 e. The van der Waals surface area contributed by atoms with Crippen LogP contribution in [0, 0.1) is 22.7 Å². The molecule has 0 saturated carbocycles. The highest BCUT2D eigenvalue weighted by Crippen LogP contribution is 2.23. The third kappa shape index (κ3) is 3.22. The van der Waals surface area contributed by atoms with Gasteiger partial charge in [-0.25, -0.2) is 0 Å². The number of nitrogens with one attached hydrogen (secondary N) is 1. The van der Waals surface area contributed by atoms with E-state index in [-0.39, 0.29) is 0 Å². The molecule has 0 radical (unpaired) electrons. The molecular formula is C15H9Cl2N3. The molecule has 2 aromatic rings. The van der Waals surface area contributed by atoms with Crippen LogP contribution in [0.3, 0.4) is 0 Å². The van der Waals surface area contributed by atoms with E-state index in [1.165, 1.54) is 0 Å². The Bertz CT molecular complexity index is 727. The van der Waals surface area contributed by atoms with Crippen molar-refractivity contribution in [3.05, 3.63) is 63.1 Å². The third-order valence-corrected chi connectivity index (χ3v) is 3.48. The second kappa shape index (κ2) is 6.30. The van der Waals surface area contributed by atoms with E-state index in [1.807, 2.05) is 18.2 Å². The highest BCUT2D eigenvalue weighted by molar-refractivity contribution is 6.42. The quantitative estimate of drug-likeness (QED) is 0.917. The molecule has 0 aliphatic carbocycles. The number of hydrogen-bond acceptors (Lipinski definition) is 3. The lowest BCUT2D eigenvalue weighted by molar-refractivity contribution is 1.15. The number of halogens is 2. The summed E-state index contributed by atoms with van der Waals surface area (Å²) in [6.07, 6.45) is 0. The largest absolute Gasteiger partial charge is 0.381 e. The Hall–Kier alpha value is -2.20. The summed E-state index contributed by atoms with van der Waals surface area (Å²) in [7, 11) is 0. The topological polar surface area (TPSA) is 59.6 Å². The maximum atomic E-state index is 8.97. The van der Waals surface area contributed by atoms with Crippen LogP contribution in [-0.4, -0.2) is 0 Å². The average molecular weight is 302 g/mol. The van der Waals surface area contributed by atoms with Crippen LogP contribution in [0.5, 0.6) is 0 Å². The first-order chi connectivity index (χ1) is 9.63. The van der Waals surface area contributed by atoms with Crippen molar-refractivity contribution in [2.75, 3.05) is 5.32 Å². The maximum Gasteiger partial charge on any atom is 0.101 e. The van der Waals surface area contributed by atoms with Crippen LogP contribution in [0.25, 0.3) is 0 Å². The SMILES string of the molecule is N#Cc1ccc(NCc2ccc(Cl)c(Cl)c2)cc1C#N. The van der Waals surface area contributed by atoms with Crippen molar-refractivity contribution in [1.29, 1.82) is 10.5 Å². The summed E-state index contributed by atoms with van der Waals surface area (Å²) in [5.74, 6) is 0. The summed E-state index contributed by atoms with van der Waals surface area (Å²) in [6, 6.07) is 14.4. The minimum Gasteiger partial charge on any atom is -0.381 e. The molecule has 0 heterocycles. The lowest BCUT2D eigenvalue weighted by Gasteiger charge is -2.08. The molecule has 0 unspecified atom stereocenters. The van der Waals surface area contributed by atoms with Gasteiger partial charge < -0.3 is 5.32 Å². The summed E-state index contributed by atoms with van der Waals surface area (Å²) in [6.45, 7) is 0.549. The first-order valence-corrected chi connectivity index (χ1v) is 6.51. The van der Waals surface area contributed by atoms with E-state index in [4.69, 9.17) is 33.7 Å². The molecule has 0 amide bonds. The molecule has 20 heavy (non-hydrogen) atoms. The van der Waals surface area contributed by atoms with Crippen molar-refractivity contribution in [2.24, 2.45) is 0 Å². The molecule has 0 bridgehead atoms. The van der Waals surface area contributed by atoms with Crippen LogP contribution in [0.2, 0.25) is 10.0 Å². The van der Waals surface area contributed by atoms with Gasteiger partial charge in [0.1, 0.15) is 12.1 Å². The summed E-state index contributed by atoms with van der Waals surface area (Å²) >= 11 is 11.8. The molecular weight excluding hydrogens is 293 g/mol. The molecule has 3 nitrogen and oxygen atoms in total. The zero-order valence-corrected chi connectivity index (χ0v) is 11.8. The summed E-state index contributed by atoms with van der Waals surface area (Å²) < 4.78 is 0. The van der Waals surface area contributed by atoms with Gasteiger partial charge in [-0.1, -0.05) is 29.3 Å². The maximum absolute atomic E-state index is 8.97. The minimum absolute atomic E-state index is 0.353. The Labute approximate surface area is 127 Å². The number of benzene rings is 2. The molecule has 2 aromatic carbocycles. The van der Waals surface area contributed by atoms with Crippen LogP contribution in [0.1, 0.15) is 16.7 Å². The van der Waals surface area contributed by atoms with E-state index >= 15 is 0 Å². The van der Waals surface area contributed by atoms with Gasteiger partial charge in [-0.2, -0.15) is 10.5 Å². The Morgan fingerprint density at radius 2 is 1.65 bits per heavy atom. The lowest BCUT2D eigenvalue weighted by Crippen LogP contribution is -2.00. The van der Waals surface area contributed by atoms with Gasteiger partial charge in [0.15, 0.2) is 0 Å². The van der Waals surface area contributed by atoms with Gasteiger partial charge in [-0.05, 0) is 35.9 Å². The van der Waals surface area contributed by atoms with Crippen molar-refractivity contribution in [3.8, 4) is 12.1 Å². The summed E-state index contributed by atoms with van der Waals surface area (Å²) in [5, 5.41) is 22.0. The molecule has 0 spiro atoms. The average Bonchev–Trinajstić information content (AvgIpc) is 2.48. The van der Waals surface area contributed by atoms with Gasteiger partial charge in [0.05, 0.1) is 21.2 Å². The number of nitriles is 2. The molecule has 5 heteroatoms. The molecule has 0 aromatic heterocycles. The molecule has 0 atom stereocenters. The lowest BCUT2D eigenvalue weighted by atomic mass is 10.1. The molecule has 2 rings (SSSR count). The van der Waals surface area contributed by atoms with Gasteiger partial charge in [0, 0.05) is 12.2 Å². The van der Waals surface area contributed by atoms with Gasteiger partial charge in [0.2, 0.25) is 0 Å². The van der Waals surface area contributed by atoms with Gasteiger partial charge in [-0.15, -0.1) is 0 Å². The van der Waals surface area contributed by atoms with Crippen LogP contribution in [-0.2, 0) is 6.54 Å². The normalized spacial score (nSPS) is 9.60. The van der Waals surface area contributed by atoms with E-state index < -0.39 is 0 Å². The zero-order chi connectivity index (χ0) is 14.5. The van der Waals surface area contributed by atoms with E-state index in [9.17, 15) is 0 Å². The van der Waals surface area contributed by atoms with Crippen molar-refractivity contribution in [2.45, 2.75) is 6.54 Å². The summed E-state index contributed by atoms with van der Waals surface area (Å²) in [5.41, 5.74) is 2.47. The second-order valence-corrected chi connectivity index (χ2v) is 4.90. The molecule has 0 saturated heterocycles. The Balaban J connectivity index is 2.13. The fourth-order valence-electron chi connectivity index (χ4n) is 1.70. The van der Waals surface area contributed by atoms with Crippen LogP contribution in [0.15, 0.2) is 36.4 Å². The number of nitrogens with zero attached hydrogens (tertiary/aromatic N) is 2. The number of hydrogen-bond donors (Lipinski definition) is 1. The first-order valence-electron chi connectivity index (χ1n) is 5.76. The van der Waals surface area contributed by atoms with Gasteiger partial charge in [-0.3, -0.25) is 0 Å². The molecule has 1 N–H and O–H groups in total. The van der Waals surface area contributed by atoms with Crippen molar-refractivity contribution in [3.63, 3.8) is 0 Å².